The first-order valence-electron chi connectivity index (χ1n) is 6.82. The molecule has 0 aliphatic carbocycles. The lowest BCUT2D eigenvalue weighted by Gasteiger charge is -2.12. The van der Waals surface area contributed by atoms with Gasteiger partial charge < -0.3 is 18.8 Å². The molecule has 0 unspecified atom stereocenters. The number of rotatable bonds is 6. The largest absolute Gasteiger partial charge is 0.497 e. The van der Waals surface area contributed by atoms with Crippen molar-refractivity contribution in [3.05, 3.63) is 36.2 Å². The summed E-state index contributed by atoms with van der Waals surface area (Å²) >= 11 is 0. The number of aryl methyl sites for hydroxylation is 1. The Kier molecular flexibility index (Phi) is 5.03. The van der Waals surface area contributed by atoms with Crippen LogP contribution in [0.25, 0.3) is 0 Å². The molecule has 0 saturated carbocycles. The Morgan fingerprint density at radius 1 is 1.12 bits per heavy atom. The van der Waals surface area contributed by atoms with Gasteiger partial charge in [0.2, 0.25) is 0 Å². The summed E-state index contributed by atoms with van der Waals surface area (Å²) in [7, 11) is 1.79. The molecule has 24 heavy (non-hydrogen) atoms. The maximum atomic E-state index is 12.5. The summed E-state index contributed by atoms with van der Waals surface area (Å²) in [5.41, 5.74) is 0.376. The number of anilines is 1. The Labute approximate surface area is 140 Å². The van der Waals surface area contributed by atoms with Crippen molar-refractivity contribution in [2.45, 2.75) is 4.90 Å². The molecule has 0 spiro atoms. The number of carbonyl (C=O) groups excluding carboxylic acids is 1. The van der Waals surface area contributed by atoms with Gasteiger partial charge in [0.15, 0.2) is 0 Å². The summed E-state index contributed by atoms with van der Waals surface area (Å²) in [6, 6.07) is 5.93. The molecule has 0 aliphatic heterocycles. The van der Waals surface area contributed by atoms with Crippen molar-refractivity contribution < 1.29 is 27.4 Å². The van der Waals surface area contributed by atoms with Crippen molar-refractivity contribution in [3.8, 4) is 11.5 Å². The third kappa shape index (κ3) is 3.46. The van der Waals surface area contributed by atoms with Gasteiger partial charge in [-0.15, -0.1) is 0 Å². The molecule has 0 saturated heterocycles. The molecule has 1 aromatic heterocycles. The summed E-state index contributed by atoms with van der Waals surface area (Å²) in [5.74, 6) is 0.213. The molecule has 0 bridgehead atoms. The summed E-state index contributed by atoms with van der Waals surface area (Å²) < 4.78 is 43.7. The predicted molar refractivity (Wildman–Crippen MR) is 87.1 cm³/mol. The van der Waals surface area contributed by atoms with E-state index < -0.39 is 16.0 Å². The monoisotopic (exact) mass is 354 g/mol. The summed E-state index contributed by atoms with van der Waals surface area (Å²) in [6.45, 7) is 0. The number of hydrogen-bond donors (Lipinski definition) is 1. The number of ether oxygens (including phenoxy) is 3. The van der Waals surface area contributed by atoms with Gasteiger partial charge in [-0.25, -0.2) is 13.2 Å². The van der Waals surface area contributed by atoms with E-state index in [0.29, 0.717) is 11.5 Å². The minimum atomic E-state index is -3.91. The molecular formula is C15H18N2O6S. The van der Waals surface area contributed by atoms with E-state index in [2.05, 4.69) is 9.46 Å². The van der Waals surface area contributed by atoms with Crippen molar-refractivity contribution in [3.63, 3.8) is 0 Å². The van der Waals surface area contributed by atoms with Crippen molar-refractivity contribution >= 4 is 21.7 Å². The first-order valence-corrected chi connectivity index (χ1v) is 8.30. The molecule has 130 valence electrons. The second-order valence-corrected chi connectivity index (χ2v) is 6.52. The summed E-state index contributed by atoms with van der Waals surface area (Å²) in [6.07, 6.45) is 1.32. The molecule has 0 amide bonds. The number of sulfonamides is 1. The fourth-order valence-corrected chi connectivity index (χ4v) is 3.21. The van der Waals surface area contributed by atoms with Gasteiger partial charge in [0.25, 0.3) is 10.0 Å². The molecule has 1 aromatic carbocycles. The van der Waals surface area contributed by atoms with Crippen LogP contribution < -0.4 is 14.2 Å². The van der Waals surface area contributed by atoms with Gasteiger partial charge in [-0.05, 0) is 18.2 Å². The number of nitrogens with one attached hydrogen (secondary N) is 1. The number of esters is 1. The van der Waals surface area contributed by atoms with Gasteiger partial charge in [-0.2, -0.15) is 0 Å². The SMILES string of the molecule is COC(=O)c1cc(S(=O)(=O)Nc2ccc(OC)cc2OC)cn1C. The molecule has 1 heterocycles. The molecule has 9 heteroatoms. The van der Waals surface area contributed by atoms with Gasteiger partial charge in [-0.3, -0.25) is 4.72 Å². The van der Waals surface area contributed by atoms with Crippen molar-refractivity contribution in [2.75, 3.05) is 26.1 Å². The first kappa shape index (κ1) is 17.7. The molecule has 0 atom stereocenters. The molecule has 8 nitrogen and oxygen atoms in total. The average molecular weight is 354 g/mol. The number of benzene rings is 1. The van der Waals surface area contributed by atoms with Gasteiger partial charge in [0, 0.05) is 19.3 Å². The normalized spacial score (nSPS) is 11.0. The third-order valence-electron chi connectivity index (χ3n) is 3.34. The van der Waals surface area contributed by atoms with E-state index in [0.717, 1.165) is 0 Å². The van der Waals surface area contributed by atoms with Crippen LogP contribution in [0.3, 0.4) is 0 Å². The van der Waals surface area contributed by atoms with E-state index in [-0.39, 0.29) is 16.3 Å². The third-order valence-corrected chi connectivity index (χ3v) is 4.67. The van der Waals surface area contributed by atoms with E-state index in [9.17, 15) is 13.2 Å². The fraction of sp³-hybridized carbons (Fsp3) is 0.267. The molecule has 0 fully saturated rings. The highest BCUT2D eigenvalue weighted by atomic mass is 32.2. The topological polar surface area (TPSA) is 95.9 Å². The number of carbonyl (C=O) groups is 1. The Balaban J connectivity index is 2.37. The molecule has 0 radical (unpaired) electrons. The molecular weight excluding hydrogens is 336 g/mol. The standard InChI is InChI=1S/C15H18N2O6S/c1-17-9-11(8-13(17)15(18)23-4)24(19,20)16-12-6-5-10(21-2)7-14(12)22-3/h5-9,16H,1-4H3. The lowest BCUT2D eigenvalue weighted by molar-refractivity contribution is 0.0590. The summed E-state index contributed by atoms with van der Waals surface area (Å²) in [5, 5.41) is 0. The number of aromatic nitrogens is 1. The molecule has 2 aromatic rings. The van der Waals surface area contributed by atoms with Crippen LogP contribution in [-0.2, 0) is 21.8 Å². The second kappa shape index (κ2) is 6.83. The Bertz CT molecular complexity index is 857. The van der Waals surface area contributed by atoms with Crippen LogP contribution >= 0.6 is 0 Å². The maximum Gasteiger partial charge on any atom is 0.354 e. The van der Waals surface area contributed by atoms with E-state index in [1.54, 1.807) is 19.2 Å². The Morgan fingerprint density at radius 3 is 2.42 bits per heavy atom. The van der Waals surface area contributed by atoms with Crippen molar-refractivity contribution in [1.82, 2.24) is 4.57 Å². The minimum absolute atomic E-state index is 0.0664. The number of methoxy groups -OCH3 is 3. The average Bonchev–Trinajstić information content (AvgIpc) is 2.97. The second-order valence-electron chi connectivity index (χ2n) is 4.84. The van der Waals surface area contributed by atoms with Gasteiger partial charge in [-0.1, -0.05) is 0 Å². The highest BCUT2D eigenvalue weighted by Gasteiger charge is 2.22. The van der Waals surface area contributed by atoms with Crippen LogP contribution in [0.2, 0.25) is 0 Å². The van der Waals surface area contributed by atoms with E-state index in [4.69, 9.17) is 9.47 Å². The zero-order valence-corrected chi connectivity index (χ0v) is 14.5. The highest BCUT2D eigenvalue weighted by Crippen LogP contribution is 2.31. The van der Waals surface area contributed by atoms with Crippen LogP contribution in [0.15, 0.2) is 35.4 Å². The quantitative estimate of drug-likeness (QED) is 0.792. The predicted octanol–water partition coefficient (Wildman–Crippen LogP) is 1.63. The highest BCUT2D eigenvalue weighted by molar-refractivity contribution is 7.92. The van der Waals surface area contributed by atoms with E-state index in [1.807, 2.05) is 0 Å². The number of nitrogens with zero attached hydrogens (tertiary/aromatic N) is 1. The van der Waals surface area contributed by atoms with Crippen molar-refractivity contribution in [1.29, 1.82) is 0 Å². The maximum absolute atomic E-state index is 12.5. The van der Waals surface area contributed by atoms with Crippen LogP contribution in [0.1, 0.15) is 10.5 Å². The van der Waals surface area contributed by atoms with Gasteiger partial charge in [0.05, 0.1) is 27.0 Å². The lowest BCUT2D eigenvalue weighted by atomic mass is 10.3. The summed E-state index contributed by atoms with van der Waals surface area (Å²) in [4.78, 5) is 11.5. The minimum Gasteiger partial charge on any atom is -0.497 e. The first-order chi connectivity index (χ1) is 11.3. The van der Waals surface area contributed by atoms with Gasteiger partial charge >= 0.3 is 5.97 Å². The fourth-order valence-electron chi connectivity index (χ4n) is 2.08. The smallest absolute Gasteiger partial charge is 0.354 e. The van der Waals surface area contributed by atoms with Crippen molar-refractivity contribution in [2.24, 2.45) is 7.05 Å². The molecule has 1 N–H and O–H groups in total. The van der Waals surface area contributed by atoms with Crippen LogP contribution in [0.5, 0.6) is 11.5 Å². The zero-order chi connectivity index (χ0) is 17.9. The lowest BCUT2D eigenvalue weighted by Crippen LogP contribution is -2.13. The molecule has 2 rings (SSSR count). The Morgan fingerprint density at radius 2 is 1.83 bits per heavy atom. The van der Waals surface area contributed by atoms with Crippen LogP contribution in [0, 0.1) is 0 Å². The van der Waals surface area contributed by atoms with Crippen LogP contribution in [-0.4, -0.2) is 40.3 Å². The molecule has 0 aliphatic rings. The number of hydrogen-bond acceptors (Lipinski definition) is 6. The zero-order valence-electron chi connectivity index (χ0n) is 13.7. The Hall–Kier alpha value is -2.68. The van der Waals surface area contributed by atoms with E-state index in [1.165, 1.54) is 44.2 Å². The van der Waals surface area contributed by atoms with Crippen LogP contribution in [0.4, 0.5) is 5.69 Å². The van der Waals surface area contributed by atoms with E-state index >= 15 is 0 Å². The van der Waals surface area contributed by atoms with Gasteiger partial charge in [0.1, 0.15) is 22.1 Å².